The van der Waals surface area contributed by atoms with Crippen LogP contribution < -0.4 is 5.32 Å². The number of nitrogens with zero attached hydrogens (tertiary/aromatic N) is 1. The quantitative estimate of drug-likeness (QED) is 0.720. The minimum absolute atomic E-state index is 0.382. The Balaban J connectivity index is 3.12. The Kier molecular flexibility index (Phi) is 3.01. The number of rotatable bonds is 3. The maximum absolute atomic E-state index is 10.6. The molecule has 0 amide bonds. The van der Waals surface area contributed by atoms with Crippen molar-refractivity contribution >= 4 is 12.1 Å². The second kappa shape index (κ2) is 4.03. The Bertz CT molecular complexity index is 308. The first kappa shape index (κ1) is 9.71. The van der Waals surface area contributed by atoms with Crippen LogP contribution in [0.25, 0.3) is 0 Å². The zero-order valence-corrected chi connectivity index (χ0v) is 8.16. The lowest BCUT2D eigenvalue weighted by Crippen LogP contribution is -2.01. The molecule has 13 heavy (non-hydrogen) atoms. The third-order valence-corrected chi connectivity index (χ3v) is 1.90. The summed E-state index contributed by atoms with van der Waals surface area (Å²) in [7, 11) is 1.76. The minimum Gasteiger partial charge on any atom is -0.373 e. The number of aromatic nitrogens is 1. The number of anilines is 1. The van der Waals surface area contributed by atoms with Crippen LogP contribution in [0.2, 0.25) is 0 Å². The van der Waals surface area contributed by atoms with E-state index in [4.69, 9.17) is 0 Å². The minimum atomic E-state index is 0.382. The molecule has 1 aromatic heterocycles. The highest BCUT2D eigenvalue weighted by Gasteiger charge is 2.05. The third kappa shape index (κ3) is 2.05. The molecule has 1 heterocycles. The summed E-state index contributed by atoms with van der Waals surface area (Å²) < 4.78 is 0. The first-order chi connectivity index (χ1) is 6.19. The van der Waals surface area contributed by atoms with Crippen LogP contribution in [0.1, 0.15) is 35.8 Å². The first-order valence-corrected chi connectivity index (χ1v) is 4.33. The zero-order valence-electron chi connectivity index (χ0n) is 8.16. The lowest BCUT2D eigenvalue weighted by atomic mass is 10.1. The molecule has 0 saturated heterocycles. The molecule has 70 valence electrons. The van der Waals surface area contributed by atoms with E-state index >= 15 is 0 Å². The first-order valence-electron chi connectivity index (χ1n) is 4.33. The van der Waals surface area contributed by atoms with Gasteiger partial charge >= 0.3 is 0 Å². The van der Waals surface area contributed by atoms with Crippen LogP contribution >= 0.6 is 0 Å². The van der Waals surface area contributed by atoms with Gasteiger partial charge in [-0.1, -0.05) is 13.8 Å². The van der Waals surface area contributed by atoms with E-state index in [1.807, 2.05) is 6.07 Å². The van der Waals surface area contributed by atoms with Crippen molar-refractivity contribution in [2.45, 2.75) is 19.8 Å². The van der Waals surface area contributed by atoms with Gasteiger partial charge in [0.2, 0.25) is 0 Å². The van der Waals surface area contributed by atoms with Gasteiger partial charge in [-0.05, 0) is 18.1 Å². The van der Waals surface area contributed by atoms with Gasteiger partial charge in [0.1, 0.15) is 5.82 Å². The lowest BCUT2D eigenvalue weighted by molar-refractivity contribution is 0.112. The van der Waals surface area contributed by atoms with Gasteiger partial charge in [0.25, 0.3) is 0 Å². The molecule has 3 heteroatoms. The summed E-state index contributed by atoms with van der Waals surface area (Å²) in [5, 5.41) is 2.90. The van der Waals surface area contributed by atoms with Crippen molar-refractivity contribution in [2.24, 2.45) is 0 Å². The van der Waals surface area contributed by atoms with Crippen molar-refractivity contribution in [1.82, 2.24) is 4.98 Å². The topological polar surface area (TPSA) is 42.0 Å². The molecule has 0 unspecified atom stereocenters. The van der Waals surface area contributed by atoms with E-state index in [9.17, 15) is 4.79 Å². The predicted octanol–water partition coefficient (Wildman–Crippen LogP) is 2.06. The average Bonchev–Trinajstić information content (AvgIpc) is 2.16. The number of nitrogens with one attached hydrogen (secondary N) is 1. The van der Waals surface area contributed by atoms with Gasteiger partial charge in [-0.15, -0.1) is 0 Å². The van der Waals surface area contributed by atoms with Gasteiger partial charge in [0.05, 0.1) is 5.56 Å². The molecule has 0 radical (unpaired) electrons. The highest BCUT2D eigenvalue weighted by Crippen LogP contribution is 2.16. The molecule has 0 saturated carbocycles. The van der Waals surface area contributed by atoms with E-state index in [1.54, 1.807) is 13.1 Å². The largest absolute Gasteiger partial charge is 0.373 e. The summed E-state index contributed by atoms with van der Waals surface area (Å²) in [6.45, 7) is 4.14. The SMILES string of the molecule is CNc1nc(C(C)C)ccc1C=O. The summed E-state index contributed by atoms with van der Waals surface area (Å²) >= 11 is 0. The Hall–Kier alpha value is -1.38. The molecule has 0 aliphatic heterocycles. The summed E-state index contributed by atoms with van der Waals surface area (Å²) in [5.41, 5.74) is 1.60. The predicted molar refractivity (Wildman–Crippen MR) is 53.3 cm³/mol. The number of carbonyl (C=O) groups excluding carboxylic acids is 1. The maximum atomic E-state index is 10.6. The van der Waals surface area contributed by atoms with Gasteiger partial charge in [0.15, 0.2) is 6.29 Å². The Morgan fingerprint density at radius 2 is 2.15 bits per heavy atom. The van der Waals surface area contributed by atoms with Crippen molar-refractivity contribution in [1.29, 1.82) is 0 Å². The van der Waals surface area contributed by atoms with Crippen LogP contribution in [0.15, 0.2) is 12.1 Å². The highest BCUT2D eigenvalue weighted by atomic mass is 16.1. The Morgan fingerprint density at radius 1 is 1.46 bits per heavy atom. The third-order valence-electron chi connectivity index (χ3n) is 1.90. The molecule has 0 fully saturated rings. The monoisotopic (exact) mass is 178 g/mol. The van der Waals surface area contributed by atoms with Crippen molar-refractivity contribution in [3.63, 3.8) is 0 Å². The van der Waals surface area contributed by atoms with E-state index in [0.29, 0.717) is 17.3 Å². The molecule has 1 N–H and O–H groups in total. The molecule has 3 nitrogen and oxygen atoms in total. The van der Waals surface area contributed by atoms with Crippen LogP contribution in [-0.4, -0.2) is 18.3 Å². The maximum Gasteiger partial charge on any atom is 0.153 e. The molecule has 0 aliphatic rings. The number of pyridine rings is 1. The molecule has 1 aromatic rings. The van der Waals surface area contributed by atoms with Crippen molar-refractivity contribution in [2.75, 3.05) is 12.4 Å². The fourth-order valence-corrected chi connectivity index (χ4v) is 1.10. The molecular formula is C10H14N2O. The Labute approximate surface area is 78.2 Å². The summed E-state index contributed by atoms with van der Waals surface area (Å²) in [5.74, 6) is 1.04. The van der Waals surface area contributed by atoms with Crippen LogP contribution in [0.5, 0.6) is 0 Å². The van der Waals surface area contributed by atoms with Gasteiger partial charge in [-0.3, -0.25) is 4.79 Å². The average molecular weight is 178 g/mol. The highest BCUT2D eigenvalue weighted by molar-refractivity contribution is 5.82. The normalized spacial score (nSPS) is 10.2. The second-order valence-electron chi connectivity index (χ2n) is 3.20. The molecule has 0 spiro atoms. The van der Waals surface area contributed by atoms with Gasteiger partial charge in [-0.2, -0.15) is 0 Å². The number of carbonyl (C=O) groups is 1. The van der Waals surface area contributed by atoms with E-state index in [2.05, 4.69) is 24.1 Å². The van der Waals surface area contributed by atoms with Crippen LogP contribution in [0.3, 0.4) is 0 Å². The zero-order chi connectivity index (χ0) is 9.84. The molecular weight excluding hydrogens is 164 g/mol. The molecule has 0 aliphatic carbocycles. The smallest absolute Gasteiger partial charge is 0.153 e. The van der Waals surface area contributed by atoms with Crippen LogP contribution in [-0.2, 0) is 0 Å². The fourth-order valence-electron chi connectivity index (χ4n) is 1.10. The summed E-state index contributed by atoms with van der Waals surface area (Å²) in [6, 6.07) is 3.68. The van der Waals surface area contributed by atoms with Crippen molar-refractivity contribution in [3.05, 3.63) is 23.4 Å². The standard InChI is InChI=1S/C10H14N2O/c1-7(2)9-5-4-8(6-13)10(11-3)12-9/h4-7H,1-3H3,(H,11,12). The van der Waals surface area contributed by atoms with Crippen LogP contribution in [0.4, 0.5) is 5.82 Å². The van der Waals surface area contributed by atoms with E-state index in [-0.39, 0.29) is 0 Å². The van der Waals surface area contributed by atoms with Crippen molar-refractivity contribution in [3.8, 4) is 0 Å². The van der Waals surface area contributed by atoms with Gasteiger partial charge < -0.3 is 5.32 Å². The van der Waals surface area contributed by atoms with E-state index in [0.717, 1.165) is 12.0 Å². The summed E-state index contributed by atoms with van der Waals surface area (Å²) in [6.07, 6.45) is 0.808. The van der Waals surface area contributed by atoms with Crippen LogP contribution in [0, 0.1) is 0 Å². The Morgan fingerprint density at radius 3 is 2.62 bits per heavy atom. The molecule has 0 bridgehead atoms. The van der Waals surface area contributed by atoms with Crippen molar-refractivity contribution < 1.29 is 4.79 Å². The lowest BCUT2D eigenvalue weighted by Gasteiger charge is -2.08. The fraction of sp³-hybridized carbons (Fsp3) is 0.400. The number of hydrogen-bond donors (Lipinski definition) is 1. The van der Waals surface area contributed by atoms with E-state index < -0.39 is 0 Å². The summed E-state index contributed by atoms with van der Waals surface area (Å²) in [4.78, 5) is 14.9. The van der Waals surface area contributed by atoms with Gasteiger partial charge in [0, 0.05) is 12.7 Å². The van der Waals surface area contributed by atoms with Gasteiger partial charge in [-0.25, -0.2) is 4.98 Å². The second-order valence-corrected chi connectivity index (χ2v) is 3.20. The molecule has 0 aromatic carbocycles. The number of aldehydes is 1. The number of hydrogen-bond acceptors (Lipinski definition) is 3. The molecule has 1 rings (SSSR count). The van der Waals surface area contributed by atoms with E-state index in [1.165, 1.54) is 0 Å². The molecule has 0 atom stereocenters.